The third kappa shape index (κ3) is 10.3. The van der Waals surface area contributed by atoms with Crippen LogP contribution in [-0.4, -0.2) is 42.2 Å². The van der Waals surface area contributed by atoms with E-state index >= 15 is 0 Å². The van der Waals surface area contributed by atoms with Crippen LogP contribution in [0.1, 0.15) is 57.9 Å². The minimum atomic E-state index is -3.48. The van der Waals surface area contributed by atoms with Crippen molar-refractivity contribution in [2.45, 2.75) is 64.2 Å². The van der Waals surface area contributed by atoms with Crippen LogP contribution in [0.4, 0.5) is 10.5 Å². The number of sulfonamides is 1. The van der Waals surface area contributed by atoms with E-state index in [4.69, 9.17) is 4.84 Å². The van der Waals surface area contributed by atoms with Crippen molar-refractivity contribution in [3.8, 4) is 0 Å². The van der Waals surface area contributed by atoms with Crippen molar-refractivity contribution in [2.24, 2.45) is 0 Å². The molecular formula is C24H36N4O4S. The van der Waals surface area contributed by atoms with Gasteiger partial charge in [0.1, 0.15) is 0 Å². The van der Waals surface area contributed by atoms with E-state index in [1.54, 1.807) is 38.4 Å². The smallest absolute Gasteiger partial charge is 0.319 e. The van der Waals surface area contributed by atoms with Gasteiger partial charge in [0.05, 0.1) is 11.9 Å². The Morgan fingerprint density at radius 2 is 1.61 bits per heavy atom. The van der Waals surface area contributed by atoms with Crippen LogP contribution in [0.5, 0.6) is 0 Å². The number of hydrogen-bond donors (Lipinski definition) is 2. The number of rotatable bonds is 15. The largest absolute Gasteiger partial charge is 0.338 e. The summed E-state index contributed by atoms with van der Waals surface area (Å²) in [6, 6.07) is 12.8. The first kappa shape index (κ1) is 26.8. The minimum absolute atomic E-state index is 0.219. The molecule has 0 fully saturated rings. The molecule has 0 unspecified atom stereocenters. The first-order valence-corrected chi connectivity index (χ1v) is 13.0. The molecule has 2 amide bonds. The van der Waals surface area contributed by atoms with Gasteiger partial charge in [-0.05, 0) is 44.4 Å². The van der Waals surface area contributed by atoms with Crippen LogP contribution in [-0.2, 0) is 21.5 Å². The molecule has 8 nitrogen and oxygen atoms in total. The van der Waals surface area contributed by atoms with E-state index in [9.17, 15) is 13.2 Å². The van der Waals surface area contributed by atoms with Gasteiger partial charge in [-0.25, -0.2) is 13.2 Å². The summed E-state index contributed by atoms with van der Waals surface area (Å²) in [5.41, 5.74) is 1.65. The van der Waals surface area contributed by atoms with Gasteiger partial charge < -0.3 is 10.6 Å². The van der Waals surface area contributed by atoms with Crippen LogP contribution in [0.2, 0.25) is 0 Å². The third-order valence-corrected chi connectivity index (χ3v) is 7.14. The molecule has 1 aromatic heterocycles. The van der Waals surface area contributed by atoms with Gasteiger partial charge >= 0.3 is 6.03 Å². The predicted octanol–water partition coefficient (Wildman–Crippen LogP) is 4.72. The maximum Gasteiger partial charge on any atom is 0.319 e. The molecule has 2 aromatic rings. The molecule has 0 radical (unpaired) electrons. The molecule has 33 heavy (non-hydrogen) atoms. The molecule has 0 aliphatic rings. The number of nitrogens with one attached hydrogen (secondary N) is 2. The topological polar surface area (TPSA) is 101 Å². The Morgan fingerprint density at radius 1 is 0.970 bits per heavy atom. The van der Waals surface area contributed by atoms with Crippen LogP contribution in [0, 0.1) is 0 Å². The maximum atomic E-state index is 12.6. The zero-order valence-corrected chi connectivity index (χ0v) is 20.4. The highest BCUT2D eigenvalue weighted by atomic mass is 32.2. The maximum absolute atomic E-state index is 12.6. The summed E-state index contributed by atoms with van der Waals surface area (Å²) in [6.45, 7) is 4.53. The monoisotopic (exact) mass is 476 g/mol. The zero-order chi connectivity index (χ0) is 23.9. The number of carbonyl (C=O) groups is 1. The predicted molar refractivity (Wildman–Crippen MR) is 131 cm³/mol. The molecule has 1 aromatic carbocycles. The lowest BCUT2D eigenvalue weighted by Gasteiger charge is -2.23. The van der Waals surface area contributed by atoms with Crippen molar-refractivity contribution in [3.05, 3.63) is 60.4 Å². The fourth-order valence-electron chi connectivity index (χ4n) is 3.11. The lowest BCUT2D eigenvalue weighted by molar-refractivity contribution is -0.0973. The van der Waals surface area contributed by atoms with E-state index < -0.39 is 15.3 Å². The van der Waals surface area contributed by atoms with Gasteiger partial charge in [-0.2, -0.15) is 0 Å². The molecule has 1 heterocycles. The summed E-state index contributed by atoms with van der Waals surface area (Å²) in [5.74, 6) is 0. The number of pyridine rings is 1. The summed E-state index contributed by atoms with van der Waals surface area (Å²) >= 11 is 0. The second-order valence-corrected chi connectivity index (χ2v) is 10.5. The summed E-state index contributed by atoms with van der Waals surface area (Å²) in [4.78, 5) is 21.4. The Kier molecular flexibility index (Phi) is 11.9. The van der Waals surface area contributed by atoms with Gasteiger partial charge in [0, 0.05) is 31.2 Å². The number of aromatic nitrogens is 1. The molecule has 0 bridgehead atoms. The number of hydroxylamine groups is 1. The van der Waals surface area contributed by atoms with Crippen LogP contribution in [0.3, 0.4) is 0 Å². The molecule has 2 rings (SSSR count). The molecule has 2 N–H and O–H groups in total. The Morgan fingerprint density at radius 3 is 2.27 bits per heavy atom. The SMILES string of the molecule is CC(C)S(=O)(=O)N(CCCCCCCCNC(=O)Nc1ccncc1)OCc1ccccc1. The average Bonchev–Trinajstić information content (AvgIpc) is 2.80. The van der Waals surface area contributed by atoms with Crippen LogP contribution in [0.15, 0.2) is 54.9 Å². The van der Waals surface area contributed by atoms with Crippen LogP contribution in [0.25, 0.3) is 0 Å². The summed E-state index contributed by atoms with van der Waals surface area (Å²) in [6.07, 6.45) is 8.88. The van der Waals surface area contributed by atoms with Crippen molar-refractivity contribution in [2.75, 3.05) is 18.4 Å². The number of unbranched alkanes of at least 4 members (excludes halogenated alkanes) is 5. The minimum Gasteiger partial charge on any atom is -0.338 e. The number of anilines is 1. The van der Waals surface area contributed by atoms with Crippen LogP contribution < -0.4 is 10.6 Å². The van der Waals surface area contributed by atoms with Gasteiger partial charge in [-0.3, -0.25) is 9.82 Å². The number of benzene rings is 1. The van der Waals surface area contributed by atoms with Crippen molar-refractivity contribution in [1.29, 1.82) is 0 Å². The summed E-state index contributed by atoms with van der Waals surface area (Å²) in [5, 5.41) is 5.07. The van der Waals surface area contributed by atoms with Crippen molar-refractivity contribution < 1.29 is 18.0 Å². The highest BCUT2D eigenvalue weighted by Gasteiger charge is 2.26. The van der Waals surface area contributed by atoms with Gasteiger partial charge in [-0.15, -0.1) is 0 Å². The summed E-state index contributed by atoms with van der Waals surface area (Å²) in [7, 11) is -3.48. The molecular weight excluding hydrogens is 440 g/mol. The molecule has 0 saturated carbocycles. The quantitative estimate of drug-likeness (QED) is 0.286. The number of amides is 2. The molecule has 0 aliphatic heterocycles. The zero-order valence-electron chi connectivity index (χ0n) is 19.6. The first-order valence-electron chi connectivity index (χ1n) is 11.5. The standard InChI is InChI=1S/C24H36N4O4S/c1-21(2)33(30,31)28(32-20-22-12-8-7-9-13-22)19-11-6-4-3-5-10-16-26-24(29)27-23-14-17-25-18-15-23/h7-9,12-15,17-18,21H,3-6,10-11,16,19-20H2,1-2H3,(H2,25,26,27,29). The molecule has 0 spiro atoms. The van der Waals surface area contributed by atoms with Crippen molar-refractivity contribution in [1.82, 2.24) is 14.8 Å². The van der Waals surface area contributed by atoms with Gasteiger partial charge in [-0.1, -0.05) is 60.5 Å². The fraction of sp³-hybridized carbons (Fsp3) is 0.500. The van der Waals surface area contributed by atoms with E-state index in [0.29, 0.717) is 18.8 Å². The number of carbonyl (C=O) groups excluding carboxylic acids is 1. The Bertz CT molecular complexity index is 909. The lowest BCUT2D eigenvalue weighted by Crippen LogP contribution is -2.37. The fourth-order valence-corrected chi connectivity index (χ4v) is 4.16. The van der Waals surface area contributed by atoms with Crippen molar-refractivity contribution in [3.63, 3.8) is 0 Å². The Balaban J connectivity index is 1.59. The molecule has 9 heteroatoms. The second-order valence-electron chi connectivity index (χ2n) is 8.12. The molecule has 0 aliphatic carbocycles. The number of nitrogens with zero attached hydrogens (tertiary/aromatic N) is 2. The highest BCUT2D eigenvalue weighted by Crippen LogP contribution is 2.15. The molecule has 182 valence electrons. The average molecular weight is 477 g/mol. The van der Waals surface area contributed by atoms with Gasteiger partial charge in [0.15, 0.2) is 0 Å². The molecule has 0 atom stereocenters. The first-order chi connectivity index (χ1) is 15.9. The van der Waals surface area contributed by atoms with Crippen LogP contribution >= 0.6 is 0 Å². The van der Waals surface area contributed by atoms with E-state index in [-0.39, 0.29) is 12.6 Å². The van der Waals surface area contributed by atoms with E-state index in [2.05, 4.69) is 15.6 Å². The normalized spacial score (nSPS) is 11.6. The summed E-state index contributed by atoms with van der Waals surface area (Å²) < 4.78 is 26.4. The van der Waals surface area contributed by atoms with Gasteiger partial charge in [0.2, 0.25) is 10.0 Å². The van der Waals surface area contributed by atoms with Gasteiger partial charge in [0.25, 0.3) is 0 Å². The van der Waals surface area contributed by atoms with E-state index in [1.807, 2.05) is 30.3 Å². The number of urea groups is 1. The molecule has 0 saturated heterocycles. The highest BCUT2D eigenvalue weighted by molar-refractivity contribution is 7.89. The van der Waals surface area contributed by atoms with Crippen molar-refractivity contribution >= 4 is 21.7 Å². The van der Waals surface area contributed by atoms with E-state index in [1.165, 1.54) is 0 Å². The number of hydrogen-bond acceptors (Lipinski definition) is 5. The third-order valence-electron chi connectivity index (χ3n) is 5.09. The Hall–Kier alpha value is -2.49. The van der Waals surface area contributed by atoms with E-state index in [0.717, 1.165) is 48.6 Å². The second kappa shape index (κ2) is 14.6. The lowest BCUT2D eigenvalue weighted by atomic mass is 10.1. The Labute approximate surface area is 197 Å².